The minimum atomic E-state index is 0.231. The highest BCUT2D eigenvalue weighted by molar-refractivity contribution is 7.17. The molecular formula is C27H27N5OS. The second-order valence-electron chi connectivity index (χ2n) is 9.08. The van der Waals surface area contributed by atoms with Crippen LogP contribution in [0.4, 0.5) is 5.82 Å². The van der Waals surface area contributed by atoms with Gasteiger partial charge >= 0.3 is 0 Å². The molecule has 1 amide bonds. The summed E-state index contributed by atoms with van der Waals surface area (Å²) in [5.41, 5.74) is 3.10. The monoisotopic (exact) mass is 469 g/mol. The molecule has 2 fully saturated rings. The van der Waals surface area contributed by atoms with Gasteiger partial charge in [0.1, 0.15) is 16.3 Å². The molecule has 6 nitrogen and oxygen atoms in total. The van der Waals surface area contributed by atoms with Crippen LogP contribution < -0.4 is 4.90 Å². The third-order valence-electron chi connectivity index (χ3n) is 6.99. The smallest absolute Gasteiger partial charge is 0.225 e. The number of piperazine rings is 1. The Morgan fingerprint density at radius 2 is 1.68 bits per heavy atom. The molecule has 0 N–H and O–H groups in total. The summed E-state index contributed by atoms with van der Waals surface area (Å²) >= 11 is 1.65. The van der Waals surface area contributed by atoms with Crippen molar-refractivity contribution in [2.75, 3.05) is 31.1 Å². The molecule has 4 heterocycles. The van der Waals surface area contributed by atoms with Crippen molar-refractivity contribution in [2.45, 2.75) is 25.7 Å². The number of nitrogens with zero attached hydrogens (tertiary/aromatic N) is 5. The summed E-state index contributed by atoms with van der Waals surface area (Å²) in [4.78, 5) is 32.8. The van der Waals surface area contributed by atoms with Crippen molar-refractivity contribution in [3.8, 4) is 22.6 Å². The van der Waals surface area contributed by atoms with Crippen LogP contribution in [0.5, 0.6) is 0 Å². The van der Waals surface area contributed by atoms with E-state index in [1.54, 1.807) is 17.5 Å². The van der Waals surface area contributed by atoms with E-state index in [1.807, 2.05) is 24.3 Å². The summed E-state index contributed by atoms with van der Waals surface area (Å²) in [5.74, 6) is 2.17. The van der Waals surface area contributed by atoms with Crippen molar-refractivity contribution in [1.29, 1.82) is 0 Å². The minimum absolute atomic E-state index is 0.231. The van der Waals surface area contributed by atoms with E-state index in [1.165, 1.54) is 18.4 Å². The van der Waals surface area contributed by atoms with Crippen molar-refractivity contribution < 1.29 is 4.79 Å². The molecule has 1 saturated carbocycles. The van der Waals surface area contributed by atoms with Crippen molar-refractivity contribution in [3.63, 3.8) is 0 Å². The fourth-order valence-electron chi connectivity index (χ4n) is 5.16. The highest BCUT2D eigenvalue weighted by Crippen LogP contribution is 2.39. The zero-order valence-electron chi connectivity index (χ0n) is 19.1. The maximum atomic E-state index is 13.0. The van der Waals surface area contributed by atoms with E-state index < -0.39 is 0 Å². The molecule has 0 atom stereocenters. The Balaban J connectivity index is 1.37. The summed E-state index contributed by atoms with van der Waals surface area (Å²) in [7, 11) is 0. The largest absolute Gasteiger partial charge is 0.352 e. The van der Waals surface area contributed by atoms with E-state index in [0.29, 0.717) is 11.7 Å². The lowest BCUT2D eigenvalue weighted by atomic mass is 10.0. The Kier molecular flexibility index (Phi) is 5.71. The van der Waals surface area contributed by atoms with Crippen LogP contribution in [0.2, 0.25) is 0 Å². The van der Waals surface area contributed by atoms with Crippen molar-refractivity contribution in [3.05, 3.63) is 60.1 Å². The zero-order valence-corrected chi connectivity index (χ0v) is 19.9. The minimum Gasteiger partial charge on any atom is -0.352 e. The first-order valence-corrected chi connectivity index (χ1v) is 13.0. The van der Waals surface area contributed by atoms with E-state index in [2.05, 4.69) is 44.4 Å². The average Bonchev–Trinajstić information content (AvgIpc) is 3.60. The van der Waals surface area contributed by atoms with E-state index in [9.17, 15) is 4.79 Å². The summed E-state index contributed by atoms with van der Waals surface area (Å²) < 4.78 is 0. The highest BCUT2D eigenvalue weighted by atomic mass is 32.1. The molecule has 1 aliphatic carbocycles. The van der Waals surface area contributed by atoms with Crippen LogP contribution in [0, 0.1) is 5.92 Å². The number of carbonyl (C=O) groups is 1. The van der Waals surface area contributed by atoms with Gasteiger partial charge in [0.2, 0.25) is 5.91 Å². The Morgan fingerprint density at radius 3 is 2.41 bits per heavy atom. The Bertz CT molecular complexity index is 1290. The fraction of sp³-hybridized carbons (Fsp3) is 0.333. The molecule has 7 heteroatoms. The first-order chi connectivity index (χ1) is 16.8. The predicted molar refractivity (Wildman–Crippen MR) is 137 cm³/mol. The highest BCUT2D eigenvalue weighted by Gasteiger charge is 2.31. The number of thiophene rings is 1. The number of aromatic nitrogens is 3. The van der Waals surface area contributed by atoms with Crippen molar-refractivity contribution in [1.82, 2.24) is 19.9 Å². The molecule has 3 aromatic heterocycles. The van der Waals surface area contributed by atoms with Gasteiger partial charge < -0.3 is 9.80 Å². The van der Waals surface area contributed by atoms with Gasteiger partial charge in [0.15, 0.2) is 5.82 Å². The molecule has 0 radical (unpaired) electrons. The van der Waals surface area contributed by atoms with Gasteiger partial charge in [-0.25, -0.2) is 9.97 Å². The van der Waals surface area contributed by atoms with Gasteiger partial charge in [-0.15, -0.1) is 11.3 Å². The van der Waals surface area contributed by atoms with Crippen LogP contribution in [0.1, 0.15) is 25.7 Å². The molecule has 0 unspecified atom stereocenters. The molecule has 1 saturated heterocycles. The zero-order chi connectivity index (χ0) is 22.9. The van der Waals surface area contributed by atoms with E-state index in [0.717, 1.165) is 66.3 Å². The summed E-state index contributed by atoms with van der Waals surface area (Å²) in [5, 5.41) is 3.27. The Hall–Kier alpha value is -3.32. The second-order valence-corrected chi connectivity index (χ2v) is 9.93. The van der Waals surface area contributed by atoms with Gasteiger partial charge in [0.05, 0.1) is 5.39 Å². The van der Waals surface area contributed by atoms with E-state index in [4.69, 9.17) is 9.97 Å². The maximum absolute atomic E-state index is 13.0. The SMILES string of the molecule is O=C(C1CCCC1)N1CCN(c2nc(-c3ccccn3)nc3scc(-c4ccccc4)c23)CC1. The Labute approximate surface area is 203 Å². The number of anilines is 1. The lowest BCUT2D eigenvalue weighted by Crippen LogP contribution is -2.50. The quantitative estimate of drug-likeness (QED) is 0.408. The first-order valence-electron chi connectivity index (χ1n) is 12.1. The molecule has 0 bridgehead atoms. The van der Waals surface area contributed by atoms with Crippen LogP contribution >= 0.6 is 11.3 Å². The summed E-state index contributed by atoms with van der Waals surface area (Å²) in [6.07, 6.45) is 6.25. The van der Waals surface area contributed by atoms with Gasteiger partial charge in [-0.2, -0.15) is 0 Å². The maximum Gasteiger partial charge on any atom is 0.225 e. The molecule has 0 spiro atoms. The lowest BCUT2D eigenvalue weighted by molar-refractivity contribution is -0.135. The molecule has 1 aromatic carbocycles. The number of amides is 1. The topological polar surface area (TPSA) is 62.2 Å². The van der Waals surface area contributed by atoms with Crippen LogP contribution in [-0.4, -0.2) is 51.9 Å². The van der Waals surface area contributed by atoms with Gasteiger partial charge in [0, 0.05) is 49.2 Å². The molecule has 1 aliphatic heterocycles. The number of fused-ring (bicyclic) bond motifs is 1. The van der Waals surface area contributed by atoms with Crippen molar-refractivity contribution in [2.24, 2.45) is 5.92 Å². The molecule has 4 aromatic rings. The summed E-state index contributed by atoms with van der Waals surface area (Å²) in [6.45, 7) is 3.03. The predicted octanol–water partition coefficient (Wildman–Crippen LogP) is 5.26. The van der Waals surface area contributed by atoms with Crippen LogP contribution in [0.25, 0.3) is 32.9 Å². The normalized spacial score (nSPS) is 16.9. The molecule has 172 valence electrons. The van der Waals surface area contributed by atoms with E-state index in [-0.39, 0.29) is 5.92 Å². The standard InChI is InChI=1S/C27H27N5OS/c33-27(20-10-4-5-11-20)32-16-14-31(15-17-32)25-23-21(19-8-2-1-3-9-19)18-34-26(23)30-24(29-25)22-12-6-7-13-28-22/h1-3,6-9,12-13,18,20H,4-5,10-11,14-17H2. The van der Waals surface area contributed by atoms with Gasteiger partial charge in [0.25, 0.3) is 0 Å². The second kappa shape index (κ2) is 9.14. The van der Waals surface area contributed by atoms with Crippen LogP contribution in [0.15, 0.2) is 60.1 Å². The van der Waals surface area contributed by atoms with Gasteiger partial charge in [-0.1, -0.05) is 49.2 Å². The number of benzene rings is 1. The summed E-state index contributed by atoms with van der Waals surface area (Å²) in [6, 6.07) is 16.3. The van der Waals surface area contributed by atoms with E-state index >= 15 is 0 Å². The number of hydrogen-bond acceptors (Lipinski definition) is 6. The number of rotatable bonds is 4. The number of hydrogen-bond donors (Lipinski definition) is 0. The number of carbonyl (C=O) groups excluding carboxylic acids is 1. The molecule has 2 aliphatic rings. The molecule has 34 heavy (non-hydrogen) atoms. The Morgan fingerprint density at radius 1 is 0.912 bits per heavy atom. The van der Waals surface area contributed by atoms with Gasteiger partial charge in [-0.3, -0.25) is 9.78 Å². The van der Waals surface area contributed by atoms with Crippen LogP contribution in [-0.2, 0) is 4.79 Å². The lowest BCUT2D eigenvalue weighted by Gasteiger charge is -2.37. The third kappa shape index (κ3) is 3.94. The van der Waals surface area contributed by atoms with Crippen molar-refractivity contribution >= 4 is 33.3 Å². The average molecular weight is 470 g/mol. The van der Waals surface area contributed by atoms with Crippen LogP contribution in [0.3, 0.4) is 0 Å². The number of pyridine rings is 1. The fourth-order valence-corrected chi connectivity index (χ4v) is 6.10. The molecule has 6 rings (SSSR count). The molecular weight excluding hydrogens is 442 g/mol. The first kappa shape index (κ1) is 21.2. The third-order valence-corrected chi connectivity index (χ3v) is 7.86. The van der Waals surface area contributed by atoms with Gasteiger partial charge in [-0.05, 0) is 30.5 Å².